The smallest absolute Gasteiger partial charge is 0.243 e. The number of hydrogen-bond donors (Lipinski definition) is 4. The first-order valence-corrected chi connectivity index (χ1v) is 11.9. The maximum Gasteiger partial charge on any atom is 0.243 e. The third-order valence-electron chi connectivity index (χ3n) is 5.74. The van der Waals surface area contributed by atoms with Gasteiger partial charge in [0, 0.05) is 49.7 Å². The highest BCUT2D eigenvalue weighted by Crippen LogP contribution is 2.19. The molecule has 10 heteroatoms. The SMILES string of the molecule is C=CC[C@H](NC(=O)CCl)C(=O)N[C@@H](Cc1c[nH]c2ccccc12)C(=O)NCCN1CCOCC1. The number of nitrogens with zero attached hydrogens (tertiary/aromatic N) is 1. The van der Waals surface area contributed by atoms with Gasteiger partial charge in [-0.3, -0.25) is 19.3 Å². The van der Waals surface area contributed by atoms with Gasteiger partial charge in [-0.05, 0) is 18.1 Å². The molecule has 2 heterocycles. The van der Waals surface area contributed by atoms with E-state index in [-0.39, 0.29) is 18.2 Å². The van der Waals surface area contributed by atoms with Crippen LogP contribution in [0.4, 0.5) is 0 Å². The Morgan fingerprint density at radius 1 is 1.15 bits per heavy atom. The molecular formula is C24H32ClN5O4. The van der Waals surface area contributed by atoms with E-state index >= 15 is 0 Å². The fourth-order valence-corrected chi connectivity index (χ4v) is 4.00. The van der Waals surface area contributed by atoms with Crippen LogP contribution in [0.15, 0.2) is 43.1 Å². The van der Waals surface area contributed by atoms with Crippen molar-refractivity contribution in [2.24, 2.45) is 0 Å². The standard InChI is InChI=1S/C24H32ClN5O4/c1-2-5-20(28-22(31)15-25)24(33)29-21(14-17-16-27-19-7-4-3-6-18(17)19)23(32)26-8-9-30-10-12-34-13-11-30/h2-4,6-7,16,20-21,27H,1,5,8-15H2,(H,26,32)(H,28,31)(H,29,33)/t20-,21-/m0/s1. The Hall–Kier alpha value is -2.88. The normalized spacial score (nSPS) is 15.9. The van der Waals surface area contributed by atoms with E-state index in [0.29, 0.717) is 32.7 Å². The highest BCUT2D eigenvalue weighted by Gasteiger charge is 2.27. The summed E-state index contributed by atoms with van der Waals surface area (Å²) in [5.41, 5.74) is 1.86. The molecule has 1 aliphatic heterocycles. The number of alkyl halides is 1. The average Bonchev–Trinajstić information content (AvgIpc) is 3.26. The highest BCUT2D eigenvalue weighted by molar-refractivity contribution is 6.27. The first-order chi connectivity index (χ1) is 16.5. The summed E-state index contributed by atoms with van der Waals surface area (Å²) in [6, 6.07) is 6.10. The number of carbonyl (C=O) groups is 3. The Kier molecular flexibility index (Phi) is 9.93. The molecule has 1 aromatic heterocycles. The average molecular weight is 490 g/mol. The number of ether oxygens (including phenoxy) is 1. The molecule has 0 unspecified atom stereocenters. The number of amides is 3. The molecule has 1 saturated heterocycles. The number of aromatic amines is 1. The van der Waals surface area contributed by atoms with Gasteiger partial charge in [0.25, 0.3) is 0 Å². The van der Waals surface area contributed by atoms with E-state index in [1.165, 1.54) is 6.08 Å². The molecule has 34 heavy (non-hydrogen) atoms. The van der Waals surface area contributed by atoms with Crippen LogP contribution in [-0.4, -0.2) is 85.0 Å². The molecule has 2 aromatic rings. The Labute approximate surface area is 204 Å². The Morgan fingerprint density at radius 3 is 2.65 bits per heavy atom. The van der Waals surface area contributed by atoms with Crippen LogP contribution in [0.3, 0.4) is 0 Å². The maximum atomic E-state index is 13.1. The third kappa shape index (κ3) is 7.31. The fraction of sp³-hybridized carbons (Fsp3) is 0.458. The molecule has 0 spiro atoms. The summed E-state index contributed by atoms with van der Waals surface area (Å²) in [5, 5.41) is 9.33. The number of fused-ring (bicyclic) bond motifs is 1. The van der Waals surface area contributed by atoms with Crippen molar-refractivity contribution in [2.45, 2.75) is 24.9 Å². The molecule has 0 bridgehead atoms. The molecule has 3 rings (SSSR count). The van der Waals surface area contributed by atoms with Gasteiger partial charge >= 0.3 is 0 Å². The number of nitrogens with one attached hydrogen (secondary N) is 4. The molecule has 4 N–H and O–H groups in total. The molecule has 0 aliphatic carbocycles. The van der Waals surface area contributed by atoms with Crippen molar-refractivity contribution in [1.82, 2.24) is 25.8 Å². The van der Waals surface area contributed by atoms with Gasteiger partial charge < -0.3 is 25.7 Å². The van der Waals surface area contributed by atoms with Crippen molar-refractivity contribution in [3.63, 3.8) is 0 Å². The summed E-state index contributed by atoms with van der Waals surface area (Å²) >= 11 is 5.58. The van der Waals surface area contributed by atoms with Crippen LogP contribution in [0.5, 0.6) is 0 Å². The molecule has 9 nitrogen and oxygen atoms in total. The first-order valence-electron chi connectivity index (χ1n) is 11.4. The maximum absolute atomic E-state index is 13.1. The van der Waals surface area contributed by atoms with Crippen molar-refractivity contribution in [2.75, 3.05) is 45.3 Å². The number of para-hydroxylation sites is 1. The molecular weight excluding hydrogens is 458 g/mol. The topological polar surface area (TPSA) is 116 Å². The van der Waals surface area contributed by atoms with E-state index in [0.717, 1.165) is 29.6 Å². The quantitative estimate of drug-likeness (QED) is 0.262. The van der Waals surface area contributed by atoms with Crippen LogP contribution >= 0.6 is 11.6 Å². The number of carbonyl (C=O) groups excluding carboxylic acids is 3. The summed E-state index contributed by atoms with van der Waals surface area (Å²) in [6.45, 7) is 7.84. The first kappa shape index (κ1) is 25.7. The summed E-state index contributed by atoms with van der Waals surface area (Å²) in [4.78, 5) is 43.3. The number of hydrogen-bond acceptors (Lipinski definition) is 5. The zero-order valence-corrected chi connectivity index (χ0v) is 19.9. The van der Waals surface area contributed by atoms with Gasteiger partial charge in [0.05, 0.1) is 13.2 Å². The van der Waals surface area contributed by atoms with E-state index < -0.39 is 23.9 Å². The molecule has 0 saturated carbocycles. The fourth-order valence-electron chi connectivity index (χ4n) is 3.92. The minimum atomic E-state index is -0.865. The van der Waals surface area contributed by atoms with E-state index in [4.69, 9.17) is 16.3 Å². The van der Waals surface area contributed by atoms with Crippen LogP contribution in [0.25, 0.3) is 10.9 Å². The Balaban J connectivity index is 1.70. The summed E-state index contributed by atoms with van der Waals surface area (Å²) in [7, 11) is 0. The van der Waals surface area contributed by atoms with Gasteiger partial charge in [0.15, 0.2) is 0 Å². The van der Waals surface area contributed by atoms with Gasteiger partial charge in [-0.2, -0.15) is 0 Å². The van der Waals surface area contributed by atoms with E-state index in [1.807, 2.05) is 30.5 Å². The second-order valence-corrected chi connectivity index (χ2v) is 8.42. The molecule has 3 amide bonds. The molecule has 0 radical (unpaired) electrons. The van der Waals surface area contributed by atoms with Crippen LogP contribution in [0.1, 0.15) is 12.0 Å². The van der Waals surface area contributed by atoms with Crippen molar-refractivity contribution >= 4 is 40.2 Å². The number of rotatable bonds is 12. The Morgan fingerprint density at radius 2 is 1.91 bits per heavy atom. The molecule has 184 valence electrons. The lowest BCUT2D eigenvalue weighted by molar-refractivity contribution is -0.131. The second kappa shape index (κ2) is 13.1. The highest BCUT2D eigenvalue weighted by atomic mass is 35.5. The molecule has 1 aromatic carbocycles. The minimum Gasteiger partial charge on any atom is -0.379 e. The summed E-state index contributed by atoms with van der Waals surface area (Å²) < 4.78 is 5.36. The predicted octanol–water partition coefficient (Wildman–Crippen LogP) is 0.943. The molecule has 2 atom stereocenters. The number of morpholine rings is 1. The largest absolute Gasteiger partial charge is 0.379 e. The lowest BCUT2D eigenvalue weighted by Crippen LogP contribution is -2.55. The zero-order valence-electron chi connectivity index (χ0n) is 19.1. The van der Waals surface area contributed by atoms with Crippen molar-refractivity contribution in [1.29, 1.82) is 0 Å². The van der Waals surface area contributed by atoms with Gasteiger partial charge in [-0.25, -0.2) is 0 Å². The minimum absolute atomic E-state index is 0.215. The van der Waals surface area contributed by atoms with Gasteiger partial charge in [0.2, 0.25) is 17.7 Å². The van der Waals surface area contributed by atoms with Crippen molar-refractivity contribution < 1.29 is 19.1 Å². The number of halogens is 1. The summed E-state index contributed by atoms with van der Waals surface area (Å²) in [5.74, 6) is -1.48. The second-order valence-electron chi connectivity index (χ2n) is 8.15. The van der Waals surface area contributed by atoms with Crippen LogP contribution in [0, 0.1) is 0 Å². The van der Waals surface area contributed by atoms with Crippen LogP contribution in [0.2, 0.25) is 0 Å². The molecule has 1 fully saturated rings. The number of aromatic nitrogens is 1. The van der Waals surface area contributed by atoms with Gasteiger partial charge in [-0.1, -0.05) is 24.3 Å². The monoisotopic (exact) mass is 489 g/mol. The lowest BCUT2D eigenvalue weighted by atomic mass is 10.0. The lowest BCUT2D eigenvalue weighted by Gasteiger charge is -2.27. The third-order valence-corrected chi connectivity index (χ3v) is 5.98. The van der Waals surface area contributed by atoms with E-state index in [9.17, 15) is 14.4 Å². The van der Waals surface area contributed by atoms with Gasteiger partial charge in [-0.15, -0.1) is 18.2 Å². The van der Waals surface area contributed by atoms with Crippen molar-refractivity contribution in [3.8, 4) is 0 Å². The van der Waals surface area contributed by atoms with Crippen LogP contribution in [-0.2, 0) is 25.5 Å². The zero-order chi connectivity index (χ0) is 24.3. The summed E-state index contributed by atoms with van der Waals surface area (Å²) in [6.07, 6.45) is 3.90. The Bertz CT molecular complexity index is 989. The van der Waals surface area contributed by atoms with E-state index in [2.05, 4.69) is 32.4 Å². The van der Waals surface area contributed by atoms with Gasteiger partial charge in [0.1, 0.15) is 18.0 Å². The molecule has 1 aliphatic rings. The predicted molar refractivity (Wildman–Crippen MR) is 132 cm³/mol. The number of H-pyrrole nitrogens is 1. The van der Waals surface area contributed by atoms with Crippen molar-refractivity contribution in [3.05, 3.63) is 48.7 Å². The van der Waals surface area contributed by atoms with E-state index in [1.54, 1.807) is 0 Å². The number of benzene rings is 1. The van der Waals surface area contributed by atoms with Crippen LogP contribution < -0.4 is 16.0 Å².